The predicted molar refractivity (Wildman–Crippen MR) is 74.5 cm³/mol. The molecule has 0 saturated carbocycles. The molecule has 7 nitrogen and oxygen atoms in total. The van der Waals surface area contributed by atoms with Gasteiger partial charge in [0.15, 0.2) is 0 Å². The number of nitrogens with zero attached hydrogens (tertiary/aromatic N) is 2. The number of nitrogen functional groups attached to an aromatic ring is 1. The maximum atomic E-state index is 11.8. The molecular formula is C13H15N5O2. The maximum Gasteiger partial charge on any atom is 0.251 e. The summed E-state index contributed by atoms with van der Waals surface area (Å²) < 4.78 is 1.41. The summed E-state index contributed by atoms with van der Waals surface area (Å²) in [5.41, 5.74) is 12.7. The molecule has 7 heteroatoms. The molecule has 5 N–H and O–H groups in total. The van der Waals surface area contributed by atoms with Crippen LogP contribution in [0.1, 0.15) is 27.6 Å². The van der Waals surface area contributed by atoms with Crippen molar-refractivity contribution in [1.82, 2.24) is 15.1 Å². The monoisotopic (exact) mass is 273 g/mol. The van der Waals surface area contributed by atoms with Crippen molar-refractivity contribution in [2.75, 3.05) is 12.3 Å². The average molecular weight is 273 g/mol. The predicted octanol–water partition coefficient (Wildman–Crippen LogP) is 0.303. The summed E-state index contributed by atoms with van der Waals surface area (Å²) >= 11 is 0. The van der Waals surface area contributed by atoms with Crippen molar-refractivity contribution in [3.05, 3.63) is 41.7 Å². The van der Waals surface area contributed by atoms with E-state index in [0.29, 0.717) is 23.5 Å². The zero-order chi connectivity index (χ0) is 14.7. The van der Waals surface area contributed by atoms with E-state index in [9.17, 15) is 9.59 Å². The summed E-state index contributed by atoms with van der Waals surface area (Å²) in [6.45, 7) is 2.37. The zero-order valence-electron chi connectivity index (χ0n) is 11.0. The number of nitrogens with two attached hydrogens (primary N) is 2. The minimum Gasteiger partial charge on any atom is -0.397 e. The molecule has 0 saturated heterocycles. The van der Waals surface area contributed by atoms with Crippen LogP contribution in [0.25, 0.3) is 5.69 Å². The van der Waals surface area contributed by atoms with Gasteiger partial charge in [0.1, 0.15) is 0 Å². The van der Waals surface area contributed by atoms with E-state index in [1.54, 1.807) is 18.2 Å². The number of aromatic nitrogens is 2. The number of rotatable bonds is 4. The fourth-order valence-electron chi connectivity index (χ4n) is 1.73. The Morgan fingerprint density at radius 1 is 1.35 bits per heavy atom. The summed E-state index contributed by atoms with van der Waals surface area (Å²) in [7, 11) is 0. The molecule has 0 bridgehead atoms. The SMILES string of the molecule is CCNC(=O)c1ccc(N)c(-n2cc(C(N)=O)cn2)c1. The lowest BCUT2D eigenvalue weighted by Gasteiger charge is -2.08. The minimum absolute atomic E-state index is 0.198. The highest BCUT2D eigenvalue weighted by molar-refractivity contribution is 5.95. The Hall–Kier alpha value is -2.83. The number of anilines is 1. The van der Waals surface area contributed by atoms with E-state index in [-0.39, 0.29) is 11.5 Å². The Balaban J connectivity index is 2.41. The van der Waals surface area contributed by atoms with Crippen LogP contribution < -0.4 is 16.8 Å². The smallest absolute Gasteiger partial charge is 0.251 e. The van der Waals surface area contributed by atoms with E-state index in [1.807, 2.05) is 6.92 Å². The second kappa shape index (κ2) is 5.43. The first-order chi connectivity index (χ1) is 9.52. The van der Waals surface area contributed by atoms with Crippen molar-refractivity contribution in [3.8, 4) is 5.69 Å². The third-order valence-corrected chi connectivity index (χ3v) is 2.74. The molecule has 2 rings (SSSR count). The molecule has 0 aliphatic carbocycles. The molecular weight excluding hydrogens is 258 g/mol. The Morgan fingerprint density at radius 3 is 2.70 bits per heavy atom. The van der Waals surface area contributed by atoms with Gasteiger partial charge < -0.3 is 16.8 Å². The Bertz CT molecular complexity index is 663. The van der Waals surface area contributed by atoms with E-state index in [0.717, 1.165) is 0 Å². The highest BCUT2D eigenvalue weighted by Crippen LogP contribution is 2.19. The highest BCUT2D eigenvalue weighted by Gasteiger charge is 2.11. The summed E-state index contributed by atoms with van der Waals surface area (Å²) in [6, 6.07) is 4.85. The normalized spacial score (nSPS) is 10.2. The van der Waals surface area contributed by atoms with Crippen LogP contribution in [0.4, 0.5) is 5.69 Å². The summed E-state index contributed by atoms with van der Waals surface area (Å²) in [4.78, 5) is 22.9. The van der Waals surface area contributed by atoms with Crippen LogP contribution in [0.5, 0.6) is 0 Å². The van der Waals surface area contributed by atoms with Crippen LogP contribution in [0.3, 0.4) is 0 Å². The van der Waals surface area contributed by atoms with Crippen molar-refractivity contribution >= 4 is 17.5 Å². The van der Waals surface area contributed by atoms with Crippen molar-refractivity contribution in [3.63, 3.8) is 0 Å². The number of nitrogens with one attached hydrogen (secondary N) is 1. The van der Waals surface area contributed by atoms with Gasteiger partial charge in [-0.05, 0) is 25.1 Å². The van der Waals surface area contributed by atoms with Crippen molar-refractivity contribution in [2.45, 2.75) is 6.92 Å². The van der Waals surface area contributed by atoms with Gasteiger partial charge in [-0.3, -0.25) is 9.59 Å². The molecule has 0 aliphatic rings. The average Bonchev–Trinajstić information content (AvgIpc) is 2.89. The molecule has 20 heavy (non-hydrogen) atoms. The number of hydrogen-bond acceptors (Lipinski definition) is 4. The first kappa shape index (κ1) is 13.6. The lowest BCUT2D eigenvalue weighted by Crippen LogP contribution is -2.22. The number of primary amides is 1. The zero-order valence-corrected chi connectivity index (χ0v) is 11.0. The van der Waals surface area contributed by atoms with Gasteiger partial charge >= 0.3 is 0 Å². The van der Waals surface area contributed by atoms with Crippen LogP contribution in [0, 0.1) is 0 Å². The van der Waals surface area contributed by atoms with E-state index in [2.05, 4.69) is 10.4 Å². The fourth-order valence-corrected chi connectivity index (χ4v) is 1.73. The van der Waals surface area contributed by atoms with E-state index in [1.165, 1.54) is 17.1 Å². The van der Waals surface area contributed by atoms with E-state index < -0.39 is 5.91 Å². The molecule has 2 amide bonds. The Labute approximate surface area is 115 Å². The van der Waals surface area contributed by atoms with Crippen LogP contribution in [0.15, 0.2) is 30.6 Å². The fraction of sp³-hybridized carbons (Fsp3) is 0.154. The van der Waals surface area contributed by atoms with Gasteiger partial charge in [0.2, 0.25) is 0 Å². The largest absolute Gasteiger partial charge is 0.397 e. The standard InChI is InChI=1S/C13H15N5O2/c1-2-16-13(20)8-3-4-10(14)11(5-8)18-7-9(6-17-18)12(15)19/h3-7H,2,14H2,1H3,(H2,15,19)(H,16,20). The van der Waals surface area contributed by atoms with Gasteiger partial charge in [-0.2, -0.15) is 5.10 Å². The number of benzene rings is 1. The summed E-state index contributed by atoms with van der Waals surface area (Å²) in [5.74, 6) is -0.772. The second-order valence-corrected chi connectivity index (χ2v) is 4.17. The highest BCUT2D eigenvalue weighted by atomic mass is 16.2. The van der Waals surface area contributed by atoms with E-state index >= 15 is 0 Å². The topological polar surface area (TPSA) is 116 Å². The summed E-state index contributed by atoms with van der Waals surface area (Å²) in [5, 5.41) is 6.72. The third kappa shape index (κ3) is 2.61. The van der Waals surface area contributed by atoms with Gasteiger partial charge in [0.25, 0.3) is 11.8 Å². The lowest BCUT2D eigenvalue weighted by molar-refractivity contribution is 0.0954. The molecule has 0 fully saturated rings. The van der Waals surface area contributed by atoms with Gasteiger partial charge in [-0.15, -0.1) is 0 Å². The molecule has 0 spiro atoms. The first-order valence-electron chi connectivity index (χ1n) is 6.05. The van der Waals surface area contributed by atoms with Crippen LogP contribution in [-0.2, 0) is 0 Å². The molecule has 104 valence electrons. The minimum atomic E-state index is -0.574. The Kier molecular flexibility index (Phi) is 3.69. The second-order valence-electron chi connectivity index (χ2n) is 4.17. The van der Waals surface area contributed by atoms with Crippen molar-refractivity contribution < 1.29 is 9.59 Å². The summed E-state index contributed by atoms with van der Waals surface area (Å²) in [6.07, 6.45) is 2.82. The molecule has 1 heterocycles. The molecule has 0 aliphatic heterocycles. The van der Waals surface area contributed by atoms with Gasteiger partial charge in [-0.25, -0.2) is 4.68 Å². The number of amides is 2. The lowest BCUT2D eigenvalue weighted by atomic mass is 10.1. The van der Waals surface area contributed by atoms with Crippen LogP contribution in [0.2, 0.25) is 0 Å². The molecule has 0 unspecified atom stereocenters. The first-order valence-corrected chi connectivity index (χ1v) is 6.05. The van der Waals surface area contributed by atoms with E-state index in [4.69, 9.17) is 11.5 Å². The quantitative estimate of drug-likeness (QED) is 0.695. The van der Waals surface area contributed by atoms with Crippen LogP contribution in [-0.4, -0.2) is 28.1 Å². The number of carbonyl (C=O) groups is 2. The van der Waals surface area contributed by atoms with Gasteiger partial charge in [0, 0.05) is 18.3 Å². The molecule has 1 aromatic carbocycles. The van der Waals surface area contributed by atoms with Crippen molar-refractivity contribution in [1.29, 1.82) is 0 Å². The molecule has 0 radical (unpaired) electrons. The third-order valence-electron chi connectivity index (χ3n) is 2.74. The Morgan fingerprint density at radius 2 is 2.10 bits per heavy atom. The maximum absolute atomic E-state index is 11.8. The van der Waals surface area contributed by atoms with Crippen molar-refractivity contribution in [2.24, 2.45) is 5.73 Å². The molecule has 2 aromatic rings. The molecule has 1 aromatic heterocycles. The number of carbonyl (C=O) groups excluding carboxylic acids is 2. The van der Waals surface area contributed by atoms with Gasteiger partial charge in [0.05, 0.1) is 23.1 Å². The molecule has 0 atom stereocenters. The van der Waals surface area contributed by atoms with Crippen LogP contribution >= 0.6 is 0 Å². The van der Waals surface area contributed by atoms with Gasteiger partial charge in [-0.1, -0.05) is 0 Å². The number of hydrogen-bond donors (Lipinski definition) is 3.